The summed E-state index contributed by atoms with van der Waals surface area (Å²) in [6.07, 6.45) is 74.2. The van der Waals surface area contributed by atoms with Crippen molar-refractivity contribution >= 4 is 5.91 Å². The Morgan fingerprint density at radius 1 is 0.358 bits per heavy atom. The molecule has 67 heavy (non-hydrogen) atoms. The van der Waals surface area contributed by atoms with Gasteiger partial charge in [0.1, 0.15) is 6.10 Å². The standard InChI is InChI=1S/C62H121NO4/c1-3-5-7-9-11-13-15-17-19-21-23-25-27-28-29-30-31-32-33-35-37-39-41-43-45-47-49-51-53-55-57-61(66)62(67)63-59(58-64)60(65)56-54-52-50-48-46-44-42-40-38-36-34-26-24-22-20-18-16-14-12-10-8-6-4-2/h28-29,54,56,59-61,64-66H,3-27,30-53,55,57-58H2,1-2H3,(H,63,67)/b29-28-,56-54+. The largest absolute Gasteiger partial charge is 0.394 e. The van der Waals surface area contributed by atoms with E-state index in [4.69, 9.17) is 0 Å². The van der Waals surface area contributed by atoms with E-state index in [-0.39, 0.29) is 6.61 Å². The molecule has 5 heteroatoms. The van der Waals surface area contributed by atoms with Crippen LogP contribution < -0.4 is 5.32 Å². The molecular weight excluding hydrogens is 823 g/mol. The third-order valence-corrected chi connectivity index (χ3v) is 14.5. The summed E-state index contributed by atoms with van der Waals surface area (Å²) >= 11 is 0. The minimum Gasteiger partial charge on any atom is -0.394 e. The Hall–Kier alpha value is -1.17. The fraction of sp³-hybridized carbons (Fsp3) is 0.919. The average Bonchev–Trinajstić information content (AvgIpc) is 3.33. The van der Waals surface area contributed by atoms with Crippen molar-refractivity contribution in [2.45, 2.75) is 360 Å². The molecule has 1 amide bonds. The van der Waals surface area contributed by atoms with Crippen LogP contribution in [-0.4, -0.2) is 46.1 Å². The van der Waals surface area contributed by atoms with Gasteiger partial charge in [0.05, 0.1) is 18.8 Å². The third kappa shape index (κ3) is 52.5. The Morgan fingerprint density at radius 2 is 0.597 bits per heavy atom. The number of carbonyl (C=O) groups excluding carboxylic acids is 1. The summed E-state index contributed by atoms with van der Waals surface area (Å²) in [6, 6.07) is -0.797. The van der Waals surface area contributed by atoms with Crippen molar-refractivity contribution in [3.05, 3.63) is 24.3 Å². The van der Waals surface area contributed by atoms with Crippen LogP contribution in [0.4, 0.5) is 0 Å². The van der Waals surface area contributed by atoms with Crippen molar-refractivity contribution in [3.63, 3.8) is 0 Å². The lowest BCUT2D eigenvalue weighted by molar-refractivity contribution is -0.131. The van der Waals surface area contributed by atoms with Crippen LogP contribution in [0.3, 0.4) is 0 Å². The van der Waals surface area contributed by atoms with Crippen molar-refractivity contribution in [2.75, 3.05) is 6.61 Å². The predicted molar refractivity (Wildman–Crippen MR) is 296 cm³/mol. The minimum absolute atomic E-state index is 0.360. The Balaban J connectivity index is 3.52. The summed E-state index contributed by atoms with van der Waals surface area (Å²) in [5.74, 6) is -0.497. The zero-order valence-electron chi connectivity index (χ0n) is 45.6. The number of aliphatic hydroxyl groups is 3. The first kappa shape index (κ1) is 65.8. The molecule has 0 aromatic carbocycles. The summed E-state index contributed by atoms with van der Waals surface area (Å²) in [5, 5.41) is 33.5. The van der Waals surface area contributed by atoms with E-state index < -0.39 is 24.2 Å². The molecule has 0 aliphatic carbocycles. The summed E-state index contributed by atoms with van der Waals surface area (Å²) < 4.78 is 0. The zero-order chi connectivity index (χ0) is 48.6. The van der Waals surface area contributed by atoms with Crippen LogP contribution in [-0.2, 0) is 4.79 Å². The molecule has 0 bridgehead atoms. The Labute approximate surface area is 420 Å². The number of rotatable bonds is 57. The third-order valence-electron chi connectivity index (χ3n) is 14.5. The van der Waals surface area contributed by atoms with Gasteiger partial charge >= 0.3 is 0 Å². The van der Waals surface area contributed by atoms with Crippen LogP contribution in [0.25, 0.3) is 0 Å². The number of aliphatic hydroxyl groups excluding tert-OH is 3. The number of hydrogen-bond donors (Lipinski definition) is 4. The highest BCUT2D eigenvalue weighted by molar-refractivity contribution is 5.80. The van der Waals surface area contributed by atoms with Crippen molar-refractivity contribution < 1.29 is 20.1 Å². The van der Waals surface area contributed by atoms with Gasteiger partial charge in [0, 0.05) is 0 Å². The van der Waals surface area contributed by atoms with E-state index in [1.54, 1.807) is 6.08 Å². The minimum atomic E-state index is -1.10. The quantitative estimate of drug-likeness (QED) is 0.0361. The summed E-state index contributed by atoms with van der Waals surface area (Å²) in [7, 11) is 0. The van der Waals surface area contributed by atoms with Gasteiger partial charge in [-0.25, -0.2) is 0 Å². The fourth-order valence-corrected chi connectivity index (χ4v) is 9.77. The van der Waals surface area contributed by atoms with E-state index in [1.165, 1.54) is 289 Å². The highest BCUT2D eigenvalue weighted by atomic mass is 16.3. The second-order valence-electron chi connectivity index (χ2n) is 21.3. The lowest BCUT2D eigenvalue weighted by Crippen LogP contribution is -2.48. The molecule has 0 aliphatic heterocycles. The number of allylic oxidation sites excluding steroid dienone is 3. The molecule has 0 aromatic heterocycles. The van der Waals surface area contributed by atoms with Gasteiger partial charge in [0.15, 0.2) is 0 Å². The van der Waals surface area contributed by atoms with Crippen LogP contribution in [0.1, 0.15) is 341 Å². The first-order chi connectivity index (χ1) is 33.1. The molecule has 0 rings (SSSR count). The normalized spacial score (nSPS) is 13.3. The van der Waals surface area contributed by atoms with E-state index in [9.17, 15) is 20.1 Å². The average molecular weight is 945 g/mol. The van der Waals surface area contributed by atoms with E-state index >= 15 is 0 Å². The second kappa shape index (κ2) is 57.4. The van der Waals surface area contributed by atoms with Crippen LogP contribution in [0, 0.1) is 0 Å². The SMILES string of the molecule is CCCCCCCCCCCCCC/C=C\CCCCCCCCCCCCCCCCC(O)C(=O)NC(CO)C(O)/C=C/CCCCCCCCCCCCCCCCCCCCCCC. The summed E-state index contributed by atoms with van der Waals surface area (Å²) in [6.45, 7) is 4.23. The monoisotopic (exact) mass is 944 g/mol. The number of hydrogen-bond acceptors (Lipinski definition) is 4. The molecule has 0 saturated carbocycles. The Bertz CT molecular complexity index is 998. The van der Waals surface area contributed by atoms with Gasteiger partial charge < -0.3 is 20.6 Å². The van der Waals surface area contributed by atoms with Gasteiger partial charge in [0.25, 0.3) is 0 Å². The molecule has 0 aliphatic rings. The number of unbranched alkanes of at least 4 members (excludes halogenated alkanes) is 47. The van der Waals surface area contributed by atoms with Crippen LogP contribution in [0.5, 0.6) is 0 Å². The van der Waals surface area contributed by atoms with Crippen molar-refractivity contribution in [3.8, 4) is 0 Å². The molecule has 398 valence electrons. The highest BCUT2D eigenvalue weighted by Gasteiger charge is 2.22. The maximum atomic E-state index is 12.6. The van der Waals surface area contributed by atoms with E-state index in [1.807, 2.05) is 6.08 Å². The van der Waals surface area contributed by atoms with E-state index in [0.29, 0.717) is 6.42 Å². The first-order valence-corrected chi connectivity index (χ1v) is 30.7. The van der Waals surface area contributed by atoms with Gasteiger partial charge in [0.2, 0.25) is 5.91 Å². The smallest absolute Gasteiger partial charge is 0.249 e. The molecule has 0 heterocycles. The van der Waals surface area contributed by atoms with E-state index in [0.717, 1.165) is 32.1 Å². The molecule has 0 spiro atoms. The van der Waals surface area contributed by atoms with Gasteiger partial charge in [-0.3, -0.25) is 4.79 Å². The van der Waals surface area contributed by atoms with Crippen molar-refractivity contribution in [1.29, 1.82) is 0 Å². The predicted octanol–water partition coefficient (Wildman–Crippen LogP) is 19.2. The topological polar surface area (TPSA) is 89.8 Å². The number of nitrogens with one attached hydrogen (secondary N) is 1. The first-order valence-electron chi connectivity index (χ1n) is 30.7. The molecular formula is C62H121NO4. The molecule has 4 N–H and O–H groups in total. The number of amides is 1. The van der Waals surface area contributed by atoms with Gasteiger partial charge in [-0.15, -0.1) is 0 Å². The van der Waals surface area contributed by atoms with Gasteiger partial charge in [-0.05, 0) is 44.9 Å². The molecule has 0 aromatic rings. The highest BCUT2D eigenvalue weighted by Crippen LogP contribution is 2.18. The van der Waals surface area contributed by atoms with Crippen LogP contribution in [0.15, 0.2) is 24.3 Å². The molecule has 0 radical (unpaired) electrons. The Kier molecular flexibility index (Phi) is 56.4. The Morgan fingerprint density at radius 3 is 0.866 bits per heavy atom. The second-order valence-corrected chi connectivity index (χ2v) is 21.3. The molecule has 3 unspecified atom stereocenters. The van der Waals surface area contributed by atoms with Crippen molar-refractivity contribution in [1.82, 2.24) is 5.32 Å². The zero-order valence-corrected chi connectivity index (χ0v) is 45.6. The van der Waals surface area contributed by atoms with Crippen LogP contribution in [0.2, 0.25) is 0 Å². The molecule has 5 nitrogen and oxygen atoms in total. The summed E-state index contributed by atoms with van der Waals surface area (Å²) in [4.78, 5) is 12.6. The lowest BCUT2D eigenvalue weighted by Gasteiger charge is -2.21. The van der Waals surface area contributed by atoms with Crippen LogP contribution >= 0.6 is 0 Å². The summed E-state index contributed by atoms with van der Waals surface area (Å²) in [5.41, 5.74) is 0. The van der Waals surface area contributed by atoms with E-state index in [2.05, 4.69) is 31.3 Å². The maximum Gasteiger partial charge on any atom is 0.249 e. The maximum absolute atomic E-state index is 12.6. The molecule has 0 saturated heterocycles. The fourth-order valence-electron chi connectivity index (χ4n) is 9.77. The number of carbonyl (C=O) groups is 1. The lowest BCUT2D eigenvalue weighted by atomic mass is 10.0. The molecule has 3 atom stereocenters. The van der Waals surface area contributed by atoms with Gasteiger partial charge in [-0.1, -0.05) is 321 Å². The molecule has 0 fully saturated rings. The van der Waals surface area contributed by atoms with Gasteiger partial charge in [-0.2, -0.15) is 0 Å². The van der Waals surface area contributed by atoms with Crippen molar-refractivity contribution in [2.24, 2.45) is 0 Å².